The van der Waals surface area contributed by atoms with Gasteiger partial charge < -0.3 is 5.32 Å². The second-order valence-corrected chi connectivity index (χ2v) is 11.0. The molecule has 0 atom stereocenters. The number of piperidine rings is 1. The maximum atomic E-state index is 5.05. The molecule has 1 aliphatic carbocycles. The molecule has 2 fully saturated rings. The molecular formula is C26H37N5. The van der Waals surface area contributed by atoms with Gasteiger partial charge in [-0.3, -0.25) is 9.36 Å². The van der Waals surface area contributed by atoms with Gasteiger partial charge in [-0.2, -0.15) is 10.2 Å². The molecule has 1 saturated carbocycles. The van der Waals surface area contributed by atoms with Crippen LogP contribution in [0.5, 0.6) is 0 Å². The normalized spacial score (nSPS) is 21.8. The minimum atomic E-state index is 0.0940. The van der Waals surface area contributed by atoms with Gasteiger partial charge in [-0.1, -0.05) is 31.9 Å². The lowest BCUT2D eigenvalue weighted by Crippen LogP contribution is -2.58. The first-order valence-corrected chi connectivity index (χ1v) is 12.1. The van der Waals surface area contributed by atoms with Gasteiger partial charge in [0.2, 0.25) is 0 Å². The molecule has 2 aromatic heterocycles. The Bertz CT molecular complexity index is 1060. The van der Waals surface area contributed by atoms with Crippen LogP contribution in [0, 0.1) is 0 Å². The van der Waals surface area contributed by atoms with E-state index >= 15 is 0 Å². The number of hydrogen-bond acceptors (Lipinski definition) is 3. The second kappa shape index (κ2) is 7.47. The van der Waals surface area contributed by atoms with E-state index in [0.29, 0.717) is 12.1 Å². The molecule has 31 heavy (non-hydrogen) atoms. The summed E-state index contributed by atoms with van der Waals surface area (Å²) in [6, 6.07) is 10.0. The van der Waals surface area contributed by atoms with Crippen molar-refractivity contribution in [3.8, 4) is 11.3 Å². The van der Waals surface area contributed by atoms with Crippen molar-refractivity contribution in [2.75, 3.05) is 0 Å². The second-order valence-electron chi connectivity index (χ2n) is 11.0. The fourth-order valence-electron chi connectivity index (χ4n) is 6.33. The van der Waals surface area contributed by atoms with Crippen LogP contribution in [-0.4, -0.2) is 30.6 Å². The molecule has 1 saturated heterocycles. The molecule has 0 unspecified atom stereocenters. The number of aryl methyl sites for hydroxylation is 1. The van der Waals surface area contributed by atoms with E-state index in [1.165, 1.54) is 53.5 Å². The van der Waals surface area contributed by atoms with Gasteiger partial charge in [0.1, 0.15) is 0 Å². The third kappa shape index (κ3) is 3.82. The zero-order valence-electron chi connectivity index (χ0n) is 19.8. The van der Waals surface area contributed by atoms with E-state index in [2.05, 4.69) is 73.6 Å². The molecule has 166 valence electrons. The van der Waals surface area contributed by atoms with Gasteiger partial charge >= 0.3 is 0 Å². The number of nitrogens with one attached hydrogen (secondary N) is 1. The number of benzene rings is 1. The first kappa shape index (κ1) is 20.7. The number of aromatic nitrogens is 4. The van der Waals surface area contributed by atoms with E-state index in [1.807, 2.05) is 6.20 Å². The standard InChI is InChI=1S/C26H37N5/c1-6-22-21-12-11-18(15-24(21)31(28-22)19-9-7-8-10-19)23-13-14-27-30(23)20-16-25(2,3)29-26(4,5)17-20/h11-15,19-20,29H,6-10,16-17H2,1-5H3. The maximum Gasteiger partial charge on any atom is 0.0700 e. The van der Waals surface area contributed by atoms with Gasteiger partial charge in [0.05, 0.1) is 29.0 Å². The molecule has 5 heteroatoms. The summed E-state index contributed by atoms with van der Waals surface area (Å²) in [6.45, 7) is 11.4. The Balaban J connectivity index is 1.57. The van der Waals surface area contributed by atoms with Gasteiger partial charge in [0.15, 0.2) is 0 Å². The van der Waals surface area contributed by atoms with Crippen LogP contribution in [0.1, 0.15) is 90.9 Å². The molecular weight excluding hydrogens is 382 g/mol. The highest BCUT2D eigenvalue weighted by molar-refractivity contribution is 5.86. The van der Waals surface area contributed by atoms with Crippen molar-refractivity contribution in [1.82, 2.24) is 24.9 Å². The van der Waals surface area contributed by atoms with Crippen molar-refractivity contribution in [3.63, 3.8) is 0 Å². The molecule has 1 aliphatic heterocycles. The van der Waals surface area contributed by atoms with Gasteiger partial charge in [-0.05, 0) is 71.9 Å². The number of nitrogens with zero attached hydrogens (tertiary/aromatic N) is 4. The first-order chi connectivity index (χ1) is 14.8. The summed E-state index contributed by atoms with van der Waals surface area (Å²) in [7, 11) is 0. The zero-order chi connectivity index (χ0) is 21.8. The van der Waals surface area contributed by atoms with Crippen LogP contribution in [0.25, 0.3) is 22.2 Å². The molecule has 3 aromatic rings. The topological polar surface area (TPSA) is 47.7 Å². The highest BCUT2D eigenvalue weighted by Crippen LogP contribution is 2.39. The molecule has 0 radical (unpaired) electrons. The highest BCUT2D eigenvalue weighted by atomic mass is 15.3. The summed E-state index contributed by atoms with van der Waals surface area (Å²) in [6.07, 6.45) is 10.2. The largest absolute Gasteiger partial charge is 0.307 e. The fourth-order valence-corrected chi connectivity index (χ4v) is 6.33. The molecule has 0 spiro atoms. The van der Waals surface area contributed by atoms with E-state index in [0.717, 1.165) is 19.3 Å². The monoisotopic (exact) mass is 419 g/mol. The zero-order valence-corrected chi connectivity index (χ0v) is 19.8. The lowest BCUT2D eigenvalue weighted by atomic mass is 9.79. The molecule has 1 aromatic carbocycles. The highest BCUT2D eigenvalue weighted by Gasteiger charge is 2.39. The molecule has 2 aliphatic rings. The minimum absolute atomic E-state index is 0.0940. The Morgan fingerprint density at radius 1 is 0.968 bits per heavy atom. The van der Waals surface area contributed by atoms with Crippen molar-refractivity contribution in [2.24, 2.45) is 0 Å². The van der Waals surface area contributed by atoms with Crippen LogP contribution in [0.2, 0.25) is 0 Å². The summed E-state index contributed by atoms with van der Waals surface area (Å²) in [4.78, 5) is 0. The van der Waals surface area contributed by atoms with Crippen LogP contribution in [0.4, 0.5) is 0 Å². The van der Waals surface area contributed by atoms with E-state index in [4.69, 9.17) is 10.2 Å². The Labute approximate surface area is 186 Å². The molecule has 3 heterocycles. The van der Waals surface area contributed by atoms with Crippen LogP contribution in [0.15, 0.2) is 30.5 Å². The molecule has 0 amide bonds. The van der Waals surface area contributed by atoms with Crippen LogP contribution in [0.3, 0.4) is 0 Å². The Morgan fingerprint density at radius 2 is 1.68 bits per heavy atom. The fraction of sp³-hybridized carbons (Fsp3) is 0.615. The summed E-state index contributed by atoms with van der Waals surface area (Å²) in [5.41, 5.74) is 5.18. The van der Waals surface area contributed by atoms with E-state index < -0.39 is 0 Å². The minimum Gasteiger partial charge on any atom is -0.307 e. The number of hydrogen-bond donors (Lipinski definition) is 1. The molecule has 0 bridgehead atoms. The van der Waals surface area contributed by atoms with Gasteiger partial charge in [-0.25, -0.2) is 0 Å². The van der Waals surface area contributed by atoms with Crippen molar-refractivity contribution >= 4 is 10.9 Å². The Morgan fingerprint density at radius 3 is 2.35 bits per heavy atom. The average Bonchev–Trinajstić information content (AvgIpc) is 3.43. The predicted molar refractivity (Wildman–Crippen MR) is 127 cm³/mol. The average molecular weight is 420 g/mol. The lowest BCUT2D eigenvalue weighted by molar-refractivity contribution is 0.127. The Kier molecular flexibility index (Phi) is 5.00. The van der Waals surface area contributed by atoms with Crippen LogP contribution in [-0.2, 0) is 6.42 Å². The van der Waals surface area contributed by atoms with Gasteiger partial charge in [0.25, 0.3) is 0 Å². The van der Waals surface area contributed by atoms with E-state index in [9.17, 15) is 0 Å². The van der Waals surface area contributed by atoms with Gasteiger partial charge in [-0.15, -0.1) is 0 Å². The van der Waals surface area contributed by atoms with E-state index in [-0.39, 0.29) is 11.1 Å². The summed E-state index contributed by atoms with van der Waals surface area (Å²) < 4.78 is 4.62. The molecule has 5 rings (SSSR count). The summed E-state index contributed by atoms with van der Waals surface area (Å²) in [5, 5.41) is 15.0. The smallest absolute Gasteiger partial charge is 0.0700 e. The van der Waals surface area contributed by atoms with Crippen molar-refractivity contribution in [1.29, 1.82) is 0 Å². The number of rotatable bonds is 4. The van der Waals surface area contributed by atoms with Crippen molar-refractivity contribution in [3.05, 3.63) is 36.2 Å². The van der Waals surface area contributed by atoms with Gasteiger partial charge in [0, 0.05) is 28.2 Å². The summed E-state index contributed by atoms with van der Waals surface area (Å²) >= 11 is 0. The molecule has 1 N–H and O–H groups in total. The SMILES string of the molecule is CCc1nn(C2CCCC2)c2cc(-c3ccnn3C3CC(C)(C)NC(C)(C)C3)ccc12. The Hall–Kier alpha value is -2.14. The first-order valence-electron chi connectivity index (χ1n) is 12.1. The quantitative estimate of drug-likeness (QED) is 0.559. The van der Waals surface area contributed by atoms with E-state index in [1.54, 1.807) is 0 Å². The third-order valence-corrected chi connectivity index (χ3v) is 7.27. The van der Waals surface area contributed by atoms with Crippen molar-refractivity contribution < 1.29 is 0 Å². The van der Waals surface area contributed by atoms with Crippen LogP contribution < -0.4 is 5.32 Å². The predicted octanol–water partition coefficient (Wildman–Crippen LogP) is 6.06. The number of fused-ring (bicyclic) bond motifs is 1. The third-order valence-electron chi connectivity index (χ3n) is 7.27. The van der Waals surface area contributed by atoms with Crippen molar-refractivity contribution in [2.45, 2.75) is 103 Å². The lowest BCUT2D eigenvalue weighted by Gasteiger charge is -2.46. The maximum absolute atomic E-state index is 5.05. The summed E-state index contributed by atoms with van der Waals surface area (Å²) in [5.74, 6) is 0. The molecule has 5 nitrogen and oxygen atoms in total. The van der Waals surface area contributed by atoms with Crippen LogP contribution >= 0.6 is 0 Å².